The number of hydrogen-bond acceptors (Lipinski definition) is 5. The molecule has 0 aromatic carbocycles. The van der Waals surface area contributed by atoms with Gasteiger partial charge in [0.05, 0.1) is 19.4 Å². The maximum absolute atomic E-state index is 12.1. The molecule has 9 heteroatoms. The molecule has 0 spiro atoms. The molecular formula is C21H30IN5O2S. The fourth-order valence-corrected chi connectivity index (χ4v) is 4.03. The lowest BCUT2D eigenvalue weighted by molar-refractivity contribution is -0.122. The second-order valence-electron chi connectivity index (χ2n) is 7.58. The van der Waals surface area contributed by atoms with Crippen LogP contribution in [0, 0.1) is 0 Å². The van der Waals surface area contributed by atoms with Crippen LogP contribution in [0.15, 0.2) is 45.3 Å². The zero-order valence-electron chi connectivity index (χ0n) is 17.1. The van der Waals surface area contributed by atoms with Gasteiger partial charge in [0.15, 0.2) is 5.96 Å². The van der Waals surface area contributed by atoms with Crippen molar-refractivity contribution in [3.8, 4) is 0 Å². The molecule has 1 aliphatic carbocycles. The smallest absolute Gasteiger partial charge is 0.234 e. The highest BCUT2D eigenvalue weighted by molar-refractivity contribution is 14.0. The Balaban J connectivity index is 0.00000256. The topological polar surface area (TPSA) is 73.1 Å². The molecule has 164 valence electrons. The SMILES string of the molecule is I.O=C(CN1CCN(C(=NCc2cccs2)NCCc2ccco2)CC1)NC1CC1. The number of hydrogen-bond donors (Lipinski definition) is 2. The first kappa shape index (κ1) is 23.1. The summed E-state index contributed by atoms with van der Waals surface area (Å²) < 4.78 is 5.43. The van der Waals surface area contributed by atoms with E-state index in [4.69, 9.17) is 9.41 Å². The summed E-state index contributed by atoms with van der Waals surface area (Å²) in [5, 5.41) is 8.66. The molecule has 7 nitrogen and oxygen atoms in total. The van der Waals surface area contributed by atoms with E-state index in [2.05, 4.69) is 37.9 Å². The molecule has 1 amide bonds. The van der Waals surface area contributed by atoms with Crippen LogP contribution in [0.5, 0.6) is 0 Å². The van der Waals surface area contributed by atoms with Crippen molar-refractivity contribution in [2.24, 2.45) is 4.99 Å². The average molecular weight is 543 g/mol. The minimum Gasteiger partial charge on any atom is -0.469 e. The van der Waals surface area contributed by atoms with E-state index < -0.39 is 0 Å². The molecule has 1 aliphatic heterocycles. The van der Waals surface area contributed by atoms with Gasteiger partial charge in [-0.3, -0.25) is 9.69 Å². The van der Waals surface area contributed by atoms with Crippen molar-refractivity contribution in [1.82, 2.24) is 20.4 Å². The van der Waals surface area contributed by atoms with Crippen LogP contribution in [-0.4, -0.2) is 67.0 Å². The zero-order chi connectivity index (χ0) is 19.9. The predicted octanol–water partition coefficient (Wildman–Crippen LogP) is 2.54. The molecule has 2 aliphatic rings. The van der Waals surface area contributed by atoms with Crippen LogP contribution in [0.3, 0.4) is 0 Å². The first-order valence-electron chi connectivity index (χ1n) is 10.4. The molecule has 30 heavy (non-hydrogen) atoms. The van der Waals surface area contributed by atoms with Gasteiger partial charge in [0.25, 0.3) is 0 Å². The molecule has 0 radical (unpaired) electrons. The molecule has 1 saturated heterocycles. The van der Waals surface area contributed by atoms with E-state index in [1.807, 2.05) is 12.1 Å². The third kappa shape index (κ3) is 7.28. The summed E-state index contributed by atoms with van der Waals surface area (Å²) in [6.45, 7) is 5.44. The third-order valence-corrected chi connectivity index (χ3v) is 6.04. The van der Waals surface area contributed by atoms with Gasteiger partial charge in [-0.2, -0.15) is 0 Å². The van der Waals surface area contributed by atoms with Crippen molar-refractivity contribution in [1.29, 1.82) is 0 Å². The number of aliphatic imine (C=N–C) groups is 1. The van der Waals surface area contributed by atoms with Crippen LogP contribution in [0.25, 0.3) is 0 Å². The molecule has 0 atom stereocenters. The highest BCUT2D eigenvalue weighted by atomic mass is 127. The third-order valence-electron chi connectivity index (χ3n) is 5.18. The Labute approximate surface area is 198 Å². The Morgan fingerprint density at radius 1 is 1.20 bits per heavy atom. The van der Waals surface area contributed by atoms with Gasteiger partial charge in [0.2, 0.25) is 5.91 Å². The quantitative estimate of drug-likeness (QED) is 0.304. The summed E-state index contributed by atoms with van der Waals surface area (Å²) in [5.41, 5.74) is 0. The highest BCUT2D eigenvalue weighted by Crippen LogP contribution is 2.18. The standard InChI is InChI=1S/C21H29N5O2S.HI/c27-20(24-17-5-6-17)16-25-9-11-26(12-10-25)21(23-15-19-4-2-14-29-19)22-8-7-18-3-1-13-28-18;/h1-4,13-14,17H,5-12,15-16H2,(H,22,23)(H,24,27);1H. The molecule has 2 fully saturated rings. The second kappa shape index (κ2) is 11.7. The summed E-state index contributed by atoms with van der Waals surface area (Å²) in [6, 6.07) is 8.52. The lowest BCUT2D eigenvalue weighted by atomic mass is 10.3. The van der Waals surface area contributed by atoms with Gasteiger partial charge in [-0.05, 0) is 36.4 Å². The van der Waals surface area contributed by atoms with Crippen molar-refractivity contribution in [2.75, 3.05) is 39.3 Å². The first-order chi connectivity index (χ1) is 14.3. The van der Waals surface area contributed by atoms with E-state index in [0.717, 1.165) is 63.7 Å². The minimum atomic E-state index is 0. The maximum Gasteiger partial charge on any atom is 0.234 e. The predicted molar refractivity (Wildman–Crippen MR) is 130 cm³/mol. The lowest BCUT2D eigenvalue weighted by Gasteiger charge is -2.36. The van der Waals surface area contributed by atoms with E-state index in [-0.39, 0.29) is 29.9 Å². The molecule has 0 bridgehead atoms. The number of rotatable bonds is 8. The van der Waals surface area contributed by atoms with Crippen LogP contribution in [0.2, 0.25) is 0 Å². The van der Waals surface area contributed by atoms with Gasteiger partial charge >= 0.3 is 0 Å². The number of guanidine groups is 1. The Hall–Kier alpha value is -1.59. The van der Waals surface area contributed by atoms with E-state index in [1.165, 1.54) is 4.88 Å². The largest absolute Gasteiger partial charge is 0.469 e. The molecule has 1 saturated carbocycles. The summed E-state index contributed by atoms with van der Waals surface area (Å²) in [5.74, 6) is 2.07. The molecule has 2 aromatic rings. The highest BCUT2D eigenvalue weighted by Gasteiger charge is 2.26. The van der Waals surface area contributed by atoms with Crippen LogP contribution < -0.4 is 10.6 Å². The number of nitrogens with zero attached hydrogens (tertiary/aromatic N) is 3. The number of nitrogens with one attached hydrogen (secondary N) is 2. The van der Waals surface area contributed by atoms with Crippen LogP contribution in [0.4, 0.5) is 0 Å². The second-order valence-corrected chi connectivity index (χ2v) is 8.61. The van der Waals surface area contributed by atoms with E-state index >= 15 is 0 Å². The Morgan fingerprint density at radius 3 is 2.70 bits per heavy atom. The van der Waals surface area contributed by atoms with Crippen molar-refractivity contribution in [3.63, 3.8) is 0 Å². The van der Waals surface area contributed by atoms with E-state index in [1.54, 1.807) is 17.6 Å². The maximum atomic E-state index is 12.1. The Kier molecular flexibility index (Phi) is 9.01. The van der Waals surface area contributed by atoms with Crippen molar-refractivity contribution in [2.45, 2.75) is 31.8 Å². The van der Waals surface area contributed by atoms with E-state index in [0.29, 0.717) is 19.1 Å². The summed E-state index contributed by atoms with van der Waals surface area (Å²) >= 11 is 1.73. The zero-order valence-corrected chi connectivity index (χ0v) is 20.2. The molecule has 2 N–H and O–H groups in total. The molecule has 4 rings (SSSR count). The van der Waals surface area contributed by atoms with Gasteiger partial charge in [-0.15, -0.1) is 35.3 Å². The fourth-order valence-electron chi connectivity index (χ4n) is 3.40. The molecule has 2 aromatic heterocycles. The van der Waals surface area contributed by atoms with Gasteiger partial charge in [-0.1, -0.05) is 6.07 Å². The minimum absolute atomic E-state index is 0. The monoisotopic (exact) mass is 543 g/mol. The van der Waals surface area contributed by atoms with Crippen molar-refractivity contribution < 1.29 is 9.21 Å². The van der Waals surface area contributed by atoms with Crippen LogP contribution in [-0.2, 0) is 17.8 Å². The van der Waals surface area contributed by atoms with Crippen LogP contribution in [0.1, 0.15) is 23.5 Å². The van der Waals surface area contributed by atoms with Crippen molar-refractivity contribution in [3.05, 3.63) is 46.5 Å². The first-order valence-corrected chi connectivity index (χ1v) is 11.2. The van der Waals surface area contributed by atoms with Gasteiger partial charge < -0.3 is 20.0 Å². The number of piperazine rings is 1. The Morgan fingerprint density at radius 2 is 2.03 bits per heavy atom. The molecule has 3 heterocycles. The number of carbonyl (C=O) groups excluding carboxylic acids is 1. The summed E-state index contributed by atoms with van der Waals surface area (Å²) in [4.78, 5) is 22.7. The van der Waals surface area contributed by atoms with Gasteiger partial charge in [0.1, 0.15) is 5.76 Å². The fraction of sp³-hybridized carbons (Fsp3) is 0.524. The molecular weight excluding hydrogens is 513 g/mol. The lowest BCUT2D eigenvalue weighted by Crippen LogP contribution is -2.54. The normalized spacial score (nSPS) is 17.5. The number of halogens is 1. The number of thiophene rings is 1. The Bertz CT molecular complexity index is 784. The summed E-state index contributed by atoms with van der Waals surface area (Å²) in [6.07, 6.45) is 4.80. The van der Waals surface area contributed by atoms with Crippen molar-refractivity contribution >= 4 is 47.2 Å². The molecule has 0 unspecified atom stereocenters. The number of carbonyl (C=O) groups is 1. The number of furan rings is 1. The average Bonchev–Trinajstić information content (AvgIpc) is 3.18. The number of amides is 1. The van der Waals surface area contributed by atoms with E-state index in [9.17, 15) is 4.79 Å². The van der Waals surface area contributed by atoms with Gasteiger partial charge in [0, 0.05) is 50.1 Å². The van der Waals surface area contributed by atoms with Gasteiger partial charge in [-0.25, -0.2) is 4.99 Å². The summed E-state index contributed by atoms with van der Waals surface area (Å²) in [7, 11) is 0. The van der Waals surface area contributed by atoms with Crippen LogP contribution >= 0.6 is 35.3 Å².